The first-order valence-corrected chi connectivity index (χ1v) is 4.03. The van der Waals surface area contributed by atoms with E-state index in [1.165, 1.54) is 0 Å². The van der Waals surface area contributed by atoms with Crippen molar-refractivity contribution in [1.29, 1.82) is 0 Å². The van der Waals surface area contributed by atoms with E-state index in [4.69, 9.17) is 5.73 Å². The van der Waals surface area contributed by atoms with Gasteiger partial charge in [0.05, 0.1) is 6.20 Å². The third-order valence-corrected chi connectivity index (χ3v) is 1.87. The lowest BCUT2D eigenvalue weighted by atomic mass is 10.1. The van der Waals surface area contributed by atoms with Crippen molar-refractivity contribution in [2.75, 3.05) is 5.73 Å². The number of nitrogen functional groups attached to an aromatic ring is 1. The number of aromatic nitrogens is 3. The number of nitrogens with one attached hydrogen (secondary N) is 1. The van der Waals surface area contributed by atoms with Crippen LogP contribution in [-0.4, -0.2) is 15.2 Å². The second-order valence-corrected chi connectivity index (χ2v) is 2.85. The number of anilines is 1. The first-order valence-electron chi connectivity index (χ1n) is 4.03. The predicted octanol–water partition coefficient (Wildman–Crippen LogP) is 0.978. The van der Waals surface area contributed by atoms with Gasteiger partial charge in [-0.2, -0.15) is 5.10 Å². The summed E-state index contributed by atoms with van der Waals surface area (Å²) < 4.78 is 0. The lowest BCUT2D eigenvalue weighted by Gasteiger charge is -1.97. The smallest absolute Gasteiger partial charge is 0.122 e. The fraction of sp³-hybridized carbons (Fsp3) is 0.111. The van der Waals surface area contributed by atoms with E-state index in [2.05, 4.69) is 15.2 Å². The van der Waals surface area contributed by atoms with Gasteiger partial charge in [-0.25, -0.2) is 0 Å². The fourth-order valence-corrected chi connectivity index (χ4v) is 1.18. The van der Waals surface area contributed by atoms with Crippen LogP contribution >= 0.6 is 0 Å². The molecule has 2 aromatic heterocycles. The highest BCUT2D eigenvalue weighted by Gasteiger charge is 2.01. The molecule has 66 valence electrons. The van der Waals surface area contributed by atoms with Gasteiger partial charge in [0.1, 0.15) is 5.82 Å². The predicted molar refractivity (Wildman–Crippen MR) is 50.0 cm³/mol. The van der Waals surface area contributed by atoms with Crippen LogP contribution in [0.2, 0.25) is 0 Å². The first-order chi connectivity index (χ1) is 6.36. The monoisotopic (exact) mass is 174 g/mol. The number of hydrogen-bond acceptors (Lipinski definition) is 3. The van der Waals surface area contributed by atoms with E-state index in [9.17, 15) is 0 Å². The van der Waals surface area contributed by atoms with Crippen LogP contribution in [0.15, 0.2) is 30.7 Å². The highest BCUT2D eigenvalue weighted by atomic mass is 15.1. The molecule has 0 aliphatic rings. The Bertz CT molecular complexity index is 380. The summed E-state index contributed by atoms with van der Waals surface area (Å²) in [5.41, 5.74) is 7.79. The van der Waals surface area contributed by atoms with E-state index in [1.807, 2.05) is 18.3 Å². The summed E-state index contributed by atoms with van der Waals surface area (Å²) >= 11 is 0. The molecular formula is C9H10N4. The van der Waals surface area contributed by atoms with Crippen molar-refractivity contribution >= 4 is 5.82 Å². The van der Waals surface area contributed by atoms with Gasteiger partial charge in [-0.1, -0.05) is 6.07 Å². The Balaban J connectivity index is 2.20. The maximum absolute atomic E-state index is 5.65. The van der Waals surface area contributed by atoms with E-state index in [1.54, 1.807) is 12.4 Å². The molecule has 0 bridgehead atoms. The van der Waals surface area contributed by atoms with Gasteiger partial charge < -0.3 is 5.73 Å². The van der Waals surface area contributed by atoms with Crippen LogP contribution < -0.4 is 5.73 Å². The number of rotatable bonds is 2. The van der Waals surface area contributed by atoms with Gasteiger partial charge in [0.15, 0.2) is 0 Å². The quantitative estimate of drug-likeness (QED) is 0.713. The minimum atomic E-state index is 0.629. The summed E-state index contributed by atoms with van der Waals surface area (Å²) in [6.45, 7) is 0. The Morgan fingerprint density at radius 2 is 2.31 bits per heavy atom. The molecule has 4 nitrogen and oxygen atoms in total. The molecule has 0 saturated heterocycles. The molecule has 0 spiro atoms. The summed E-state index contributed by atoms with van der Waals surface area (Å²) in [4.78, 5) is 4.02. The molecule has 0 aliphatic heterocycles. The molecule has 0 atom stereocenters. The zero-order valence-electron chi connectivity index (χ0n) is 7.07. The number of nitrogens with zero attached hydrogens (tertiary/aromatic N) is 2. The average Bonchev–Trinajstić information content (AvgIpc) is 2.54. The van der Waals surface area contributed by atoms with Crippen molar-refractivity contribution in [3.63, 3.8) is 0 Å². The molecular weight excluding hydrogens is 164 g/mol. The van der Waals surface area contributed by atoms with Crippen molar-refractivity contribution in [2.45, 2.75) is 6.42 Å². The van der Waals surface area contributed by atoms with Crippen molar-refractivity contribution in [2.24, 2.45) is 0 Å². The molecule has 2 rings (SSSR count). The van der Waals surface area contributed by atoms with Gasteiger partial charge in [0.2, 0.25) is 0 Å². The average molecular weight is 174 g/mol. The SMILES string of the molecule is Nc1[nH]ncc1Cc1cccnc1. The first kappa shape index (κ1) is 7.79. The lowest BCUT2D eigenvalue weighted by molar-refractivity contribution is 1.10. The van der Waals surface area contributed by atoms with Gasteiger partial charge in [-0.05, 0) is 11.6 Å². The summed E-state index contributed by atoms with van der Waals surface area (Å²) in [7, 11) is 0. The van der Waals surface area contributed by atoms with Crippen molar-refractivity contribution in [3.05, 3.63) is 41.9 Å². The molecule has 0 aromatic carbocycles. The molecule has 0 radical (unpaired) electrons. The van der Waals surface area contributed by atoms with E-state index in [-0.39, 0.29) is 0 Å². The van der Waals surface area contributed by atoms with E-state index in [0.717, 1.165) is 17.5 Å². The van der Waals surface area contributed by atoms with Crippen LogP contribution in [-0.2, 0) is 6.42 Å². The minimum Gasteiger partial charge on any atom is -0.384 e. The third kappa shape index (κ3) is 1.66. The molecule has 2 aromatic rings. The molecule has 0 amide bonds. The molecule has 2 heterocycles. The maximum atomic E-state index is 5.65. The Labute approximate surface area is 75.8 Å². The Hall–Kier alpha value is -1.84. The topological polar surface area (TPSA) is 67.6 Å². The summed E-state index contributed by atoms with van der Waals surface area (Å²) in [5, 5.41) is 6.54. The second kappa shape index (κ2) is 3.26. The Kier molecular flexibility index (Phi) is 1.96. The number of nitrogens with two attached hydrogens (primary N) is 1. The summed E-state index contributed by atoms with van der Waals surface area (Å²) in [6, 6.07) is 3.92. The number of aromatic amines is 1. The van der Waals surface area contributed by atoms with Gasteiger partial charge in [0.25, 0.3) is 0 Å². The normalized spacial score (nSPS) is 10.2. The second-order valence-electron chi connectivity index (χ2n) is 2.85. The lowest BCUT2D eigenvalue weighted by Crippen LogP contribution is -1.93. The zero-order valence-corrected chi connectivity index (χ0v) is 7.07. The molecule has 0 fully saturated rings. The molecule has 0 saturated carbocycles. The number of H-pyrrole nitrogens is 1. The Morgan fingerprint density at radius 1 is 1.38 bits per heavy atom. The maximum Gasteiger partial charge on any atom is 0.122 e. The standard InChI is InChI=1S/C9H10N4/c10-9-8(6-12-13-9)4-7-2-1-3-11-5-7/h1-3,5-6H,4H2,(H3,10,12,13). The van der Waals surface area contributed by atoms with Crippen LogP contribution in [0.3, 0.4) is 0 Å². The number of hydrogen-bond donors (Lipinski definition) is 2. The van der Waals surface area contributed by atoms with Crippen molar-refractivity contribution < 1.29 is 0 Å². The molecule has 3 N–H and O–H groups in total. The number of pyridine rings is 1. The van der Waals surface area contributed by atoms with Crippen LogP contribution in [0.4, 0.5) is 5.82 Å². The van der Waals surface area contributed by atoms with Crippen LogP contribution in [0, 0.1) is 0 Å². The fourth-order valence-electron chi connectivity index (χ4n) is 1.18. The highest BCUT2D eigenvalue weighted by Crippen LogP contribution is 2.11. The van der Waals surface area contributed by atoms with Crippen molar-refractivity contribution in [3.8, 4) is 0 Å². The van der Waals surface area contributed by atoms with Crippen molar-refractivity contribution in [1.82, 2.24) is 15.2 Å². The van der Waals surface area contributed by atoms with Crippen LogP contribution in [0.5, 0.6) is 0 Å². The van der Waals surface area contributed by atoms with Gasteiger partial charge in [-0.15, -0.1) is 0 Å². The largest absolute Gasteiger partial charge is 0.384 e. The van der Waals surface area contributed by atoms with Gasteiger partial charge in [-0.3, -0.25) is 10.1 Å². The molecule has 0 aliphatic carbocycles. The molecule has 4 heteroatoms. The summed E-state index contributed by atoms with van der Waals surface area (Å²) in [6.07, 6.45) is 6.09. The summed E-state index contributed by atoms with van der Waals surface area (Å²) in [5.74, 6) is 0.629. The molecule has 0 unspecified atom stereocenters. The highest BCUT2D eigenvalue weighted by molar-refractivity contribution is 5.39. The zero-order chi connectivity index (χ0) is 9.10. The minimum absolute atomic E-state index is 0.629. The van der Waals surface area contributed by atoms with Crippen LogP contribution in [0.25, 0.3) is 0 Å². The Morgan fingerprint density at radius 3 is 2.92 bits per heavy atom. The van der Waals surface area contributed by atoms with E-state index in [0.29, 0.717) is 5.82 Å². The van der Waals surface area contributed by atoms with Crippen LogP contribution in [0.1, 0.15) is 11.1 Å². The van der Waals surface area contributed by atoms with Gasteiger partial charge in [0, 0.05) is 24.4 Å². The molecule has 13 heavy (non-hydrogen) atoms. The third-order valence-electron chi connectivity index (χ3n) is 1.87. The van der Waals surface area contributed by atoms with E-state index < -0.39 is 0 Å². The van der Waals surface area contributed by atoms with Gasteiger partial charge >= 0.3 is 0 Å². The van der Waals surface area contributed by atoms with E-state index >= 15 is 0 Å².